The van der Waals surface area contributed by atoms with Gasteiger partial charge in [-0.15, -0.1) is 0 Å². The minimum atomic E-state index is -0.484. The molecule has 0 aliphatic carbocycles. The predicted molar refractivity (Wildman–Crippen MR) is 80.7 cm³/mol. The highest BCUT2D eigenvalue weighted by Gasteiger charge is 2.11. The van der Waals surface area contributed by atoms with Gasteiger partial charge < -0.3 is 20.1 Å². The molecule has 2 N–H and O–H groups in total. The first-order valence-electron chi connectivity index (χ1n) is 6.86. The van der Waals surface area contributed by atoms with Crippen LogP contribution in [0.2, 0.25) is 0 Å². The van der Waals surface area contributed by atoms with Crippen LogP contribution < -0.4 is 15.4 Å². The minimum absolute atomic E-state index is 0.175. The summed E-state index contributed by atoms with van der Waals surface area (Å²) in [5.74, 6) is 0.417. The van der Waals surface area contributed by atoms with Crippen molar-refractivity contribution in [1.29, 1.82) is 0 Å². The Balaban J connectivity index is 2.70. The summed E-state index contributed by atoms with van der Waals surface area (Å²) in [7, 11) is 1.53. The standard InChI is InChI=1S/C15H22N2O4/c1-5-21-14(18)9-16-15(19)17-12-8-11(10(2)3)6-7-13(12)20-4/h6-8,10H,5,9H2,1-4H3,(H2,16,17,19). The number of carbonyl (C=O) groups excluding carboxylic acids is 2. The van der Waals surface area contributed by atoms with Crippen LogP contribution in [0.25, 0.3) is 0 Å². The van der Waals surface area contributed by atoms with Crippen LogP contribution >= 0.6 is 0 Å². The van der Waals surface area contributed by atoms with E-state index in [1.165, 1.54) is 7.11 Å². The second kappa shape index (κ2) is 8.14. The lowest BCUT2D eigenvalue weighted by Crippen LogP contribution is -2.34. The summed E-state index contributed by atoms with van der Waals surface area (Å²) in [6.45, 7) is 5.94. The maximum absolute atomic E-state index is 11.8. The average Bonchev–Trinajstić information content (AvgIpc) is 2.45. The number of esters is 1. The number of hydrogen-bond donors (Lipinski definition) is 2. The van der Waals surface area contributed by atoms with Crippen LogP contribution in [-0.2, 0) is 9.53 Å². The van der Waals surface area contributed by atoms with Gasteiger partial charge in [0, 0.05) is 0 Å². The smallest absolute Gasteiger partial charge is 0.325 e. The Hall–Kier alpha value is -2.24. The van der Waals surface area contributed by atoms with E-state index in [4.69, 9.17) is 9.47 Å². The van der Waals surface area contributed by atoms with E-state index in [-0.39, 0.29) is 13.2 Å². The van der Waals surface area contributed by atoms with E-state index < -0.39 is 12.0 Å². The number of rotatable bonds is 6. The fourth-order valence-corrected chi connectivity index (χ4v) is 1.71. The van der Waals surface area contributed by atoms with Crippen molar-refractivity contribution in [1.82, 2.24) is 5.32 Å². The van der Waals surface area contributed by atoms with E-state index >= 15 is 0 Å². The van der Waals surface area contributed by atoms with Crippen LogP contribution in [0, 0.1) is 0 Å². The summed E-state index contributed by atoms with van der Waals surface area (Å²) in [5, 5.41) is 5.11. The largest absolute Gasteiger partial charge is 0.495 e. The van der Waals surface area contributed by atoms with Gasteiger partial charge in [0.25, 0.3) is 0 Å². The maximum atomic E-state index is 11.8. The third-order valence-corrected chi connectivity index (χ3v) is 2.84. The van der Waals surface area contributed by atoms with E-state index in [0.29, 0.717) is 17.4 Å². The third kappa shape index (κ3) is 5.33. The monoisotopic (exact) mass is 294 g/mol. The molecular formula is C15H22N2O4. The topological polar surface area (TPSA) is 76.7 Å². The first kappa shape index (κ1) is 16.8. The van der Waals surface area contributed by atoms with Crippen molar-refractivity contribution in [3.63, 3.8) is 0 Å². The van der Waals surface area contributed by atoms with E-state index in [0.717, 1.165) is 5.56 Å². The van der Waals surface area contributed by atoms with Gasteiger partial charge in [-0.2, -0.15) is 0 Å². The summed E-state index contributed by atoms with van der Waals surface area (Å²) in [6, 6.07) is 5.12. The van der Waals surface area contributed by atoms with Gasteiger partial charge in [-0.25, -0.2) is 4.79 Å². The number of hydrogen-bond acceptors (Lipinski definition) is 4. The quantitative estimate of drug-likeness (QED) is 0.790. The first-order valence-corrected chi connectivity index (χ1v) is 6.86. The molecule has 0 atom stereocenters. The molecule has 0 saturated carbocycles. The van der Waals surface area contributed by atoms with Crippen molar-refractivity contribution >= 4 is 17.7 Å². The molecule has 0 radical (unpaired) electrons. The van der Waals surface area contributed by atoms with Crippen molar-refractivity contribution in [3.8, 4) is 5.75 Å². The van der Waals surface area contributed by atoms with Gasteiger partial charge in [-0.05, 0) is 30.5 Å². The third-order valence-electron chi connectivity index (χ3n) is 2.84. The lowest BCUT2D eigenvalue weighted by Gasteiger charge is -2.14. The Morgan fingerprint density at radius 1 is 1.29 bits per heavy atom. The van der Waals surface area contributed by atoms with Gasteiger partial charge in [0.15, 0.2) is 0 Å². The molecule has 1 aromatic rings. The van der Waals surface area contributed by atoms with Gasteiger partial charge in [0.05, 0.1) is 19.4 Å². The molecule has 0 saturated heterocycles. The molecule has 0 aliphatic rings. The molecule has 1 aromatic carbocycles. The normalized spacial score (nSPS) is 10.1. The van der Waals surface area contributed by atoms with E-state index in [1.54, 1.807) is 13.0 Å². The Kier molecular flexibility index (Phi) is 6.52. The number of ether oxygens (including phenoxy) is 2. The summed E-state index contributed by atoms with van der Waals surface area (Å²) in [5.41, 5.74) is 1.64. The van der Waals surface area contributed by atoms with Crippen molar-refractivity contribution in [2.24, 2.45) is 0 Å². The van der Waals surface area contributed by atoms with Gasteiger partial charge >= 0.3 is 12.0 Å². The van der Waals surface area contributed by atoms with Crippen LogP contribution in [-0.4, -0.2) is 32.3 Å². The van der Waals surface area contributed by atoms with Gasteiger partial charge in [-0.3, -0.25) is 4.79 Å². The number of urea groups is 1. The second-order valence-electron chi connectivity index (χ2n) is 4.73. The molecule has 0 aromatic heterocycles. The van der Waals surface area contributed by atoms with E-state index in [9.17, 15) is 9.59 Å². The lowest BCUT2D eigenvalue weighted by molar-refractivity contribution is -0.141. The highest BCUT2D eigenvalue weighted by Crippen LogP contribution is 2.28. The lowest BCUT2D eigenvalue weighted by atomic mass is 10.0. The van der Waals surface area contributed by atoms with E-state index in [2.05, 4.69) is 24.5 Å². The predicted octanol–water partition coefficient (Wildman–Crippen LogP) is 2.50. The summed E-state index contributed by atoms with van der Waals surface area (Å²) < 4.78 is 9.94. The van der Waals surface area contributed by atoms with Crippen molar-refractivity contribution in [2.45, 2.75) is 26.7 Å². The van der Waals surface area contributed by atoms with Crippen molar-refractivity contribution < 1.29 is 19.1 Å². The fourth-order valence-electron chi connectivity index (χ4n) is 1.71. The zero-order valence-electron chi connectivity index (χ0n) is 12.9. The molecule has 0 heterocycles. The second-order valence-corrected chi connectivity index (χ2v) is 4.73. The number of carbonyl (C=O) groups is 2. The highest BCUT2D eigenvalue weighted by atomic mass is 16.5. The zero-order valence-corrected chi connectivity index (χ0v) is 12.9. The molecular weight excluding hydrogens is 272 g/mol. The number of anilines is 1. The maximum Gasteiger partial charge on any atom is 0.325 e. The SMILES string of the molecule is CCOC(=O)CNC(=O)Nc1cc(C(C)C)ccc1OC. The molecule has 116 valence electrons. The van der Waals surface area contributed by atoms with E-state index in [1.807, 2.05) is 12.1 Å². The van der Waals surface area contributed by atoms with Crippen LogP contribution in [0.15, 0.2) is 18.2 Å². The molecule has 6 heteroatoms. The zero-order chi connectivity index (χ0) is 15.8. The molecule has 1 rings (SSSR count). The molecule has 21 heavy (non-hydrogen) atoms. The number of nitrogens with one attached hydrogen (secondary N) is 2. The van der Waals surface area contributed by atoms with Crippen molar-refractivity contribution in [3.05, 3.63) is 23.8 Å². The Morgan fingerprint density at radius 3 is 2.57 bits per heavy atom. The molecule has 0 unspecified atom stereocenters. The summed E-state index contributed by atoms with van der Waals surface area (Å²) in [4.78, 5) is 23.0. The van der Waals surface area contributed by atoms with Crippen molar-refractivity contribution in [2.75, 3.05) is 25.6 Å². The molecule has 0 aliphatic heterocycles. The molecule has 0 spiro atoms. The van der Waals surface area contributed by atoms with Crippen LogP contribution in [0.4, 0.5) is 10.5 Å². The first-order chi connectivity index (χ1) is 9.97. The Bertz CT molecular complexity index is 500. The minimum Gasteiger partial charge on any atom is -0.495 e. The molecule has 2 amide bonds. The number of methoxy groups -OCH3 is 1. The van der Waals surface area contributed by atoms with Crippen LogP contribution in [0.5, 0.6) is 5.75 Å². The fraction of sp³-hybridized carbons (Fsp3) is 0.467. The highest BCUT2D eigenvalue weighted by molar-refractivity contribution is 5.92. The van der Waals surface area contributed by atoms with Crippen LogP contribution in [0.3, 0.4) is 0 Å². The van der Waals surface area contributed by atoms with Gasteiger partial charge in [0.2, 0.25) is 0 Å². The molecule has 6 nitrogen and oxygen atoms in total. The molecule has 0 fully saturated rings. The Morgan fingerprint density at radius 2 is 2.00 bits per heavy atom. The number of amides is 2. The molecule has 0 bridgehead atoms. The van der Waals surface area contributed by atoms with Crippen LogP contribution in [0.1, 0.15) is 32.3 Å². The summed E-state index contributed by atoms with van der Waals surface area (Å²) in [6.07, 6.45) is 0. The summed E-state index contributed by atoms with van der Waals surface area (Å²) >= 11 is 0. The van der Waals surface area contributed by atoms with Gasteiger partial charge in [-0.1, -0.05) is 19.9 Å². The van der Waals surface area contributed by atoms with Gasteiger partial charge in [0.1, 0.15) is 12.3 Å². The Labute approximate surface area is 124 Å². The average molecular weight is 294 g/mol. The number of benzene rings is 1.